The monoisotopic (exact) mass is 352 g/mol. The van der Waals surface area contributed by atoms with Crippen molar-refractivity contribution in [1.29, 1.82) is 0 Å². The quantitative estimate of drug-likeness (QED) is 0.900. The molecule has 2 aromatic carbocycles. The lowest BCUT2D eigenvalue weighted by atomic mass is 10.1. The maximum Gasteiger partial charge on any atom is 0.258 e. The number of benzene rings is 2. The molecular weight excluding hydrogens is 328 g/mol. The number of rotatable bonds is 5. The second-order valence-corrected chi connectivity index (χ2v) is 6.80. The Morgan fingerprint density at radius 3 is 2.62 bits per heavy atom. The molecule has 0 saturated carbocycles. The van der Waals surface area contributed by atoms with Gasteiger partial charge >= 0.3 is 0 Å². The first-order valence-corrected chi connectivity index (χ1v) is 8.79. The molecule has 1 N–H and O–H groups in total. The van der Waals surface area contributed by atoms with Gasteiger partial charge in [-0.1, -0.05) is 24.3 Å². The number of para-hydroxylation sites is 1. The van der Waals surface area contributed by atoms with E-state index in [0.717, 1.165) is 16.8 Å². The molecule has 26 heavy (non-hydrogen) atoms. The van der Waals surface area contributed by atoms with Crippen molar-refractivity contribution in [3.63, 3.8) is 0 Å². The summed E-state index contributed by atoms with van der Waals surface area (Å²) in [5.41, 5.74) is 4.20. The molecule has 0 spiro atoms. The van der Waals surface area contributed by atoms with E-state index in [4.69, 9.17) is 4.74 Å². The maximum atomic E-state index is 12.3. The standard InChI is InChI=1S/C21H24N2O3/c1-14-8-9-18(10-16(14)3)23-12-17(11-21(23)25)22-20(24)13-26-19-7-5-4-6-15(19)2/h4-10,17H,11-13H2,1-3H3,(H,22,24)/t17-/m0/s1. The molecule has 1 aliphatic rings. The Labute approximate surface area is 154 Å². The number of amides is 2. The lowest BCUT2D eigenvalue weighted by Gasteiger charge is -2.18. The number of carbonyl (C=O) groups is 2. The topological polar surface area (TPSA) is 58.6 Å². The number of hydrogen-bond donors (Lipinski definition) is 1. The van der Waals surface area contributed by atoms with Gasteiger partial charge in [-0.15, -0.1) is 0 Å². The van der Waals surface area contributed by atoms with E-state index in [9.17, 15) is 9.59 Å². The van der Waals surface area contributed by atoms with Crippen LogP contribution in [0.1, 0.15) is 23.1 Å². The summed E-state index contributed by atoms with van der Waals surface area (Å²) in [5.74, 6) is 0.508. The van der Waals surface area contributed by atoms with Crippen LogP contribution in [0.3, 0.4) is 0 Å². The van der Waals surface area contributed by atoms with Crippen LogP contribution in [0.25, 0.3) is 0 Å². The number of aryl methyl sites for hydroxylation is 3. The Balaban J connectivity index is 1.56. The maximum absolute atomic E-state index is 12.3. The first kappa shape index (κ1) is 18.0. The van der Waals surface area contributed by atoms with Gasteiger partial charge in [-0.25, -0.2) is 0 Å². The van der Waals surface area contributed by atoms with Crippen LogP contribution < -0.4 is 15.0 Å². The van der Waals surface area contributed by atoms with Gasteiger partial charge in [0.05, 0.1) is 6.04 Å². The van der Waals surface area contributed by atoms with E-state index in [0.29, 0.717) is 18.7 Å². The van der Waals surface area contributed by atoms with E-state index in [1.807, 2.05) is 63.2 Å². The summed E-state index contributed by atoms with van der Waals surface area (Å²) in [6, 6.07) is 13.3. The van der Waals surface area contributed by atoms with Crippen LogP contribution in [0.15, 0.2) is 42.5 Å². The van der Waals surface area contributed by atoms with Gasteiger partial charge in [0.2, 0.25) is 5.91 Å². The molecule has 0 aliphatic carbocycles. The number of anilines is 1. The second kappa shape index (κ2) is 7.60. The largest absolute Gasteiger partial charge is 0.484 e. The highest BCUT2D eigenvalue weighted by molar-refractivity contribution is 5.97. The van der Waals surface area contributed by atoms with Crippen molar-refractivity contribution in [2.45, 2.75) is 33.2 Å². The Kier molecular flexibility index (Phi) is 5.26. The summed E-state index contributed by atoms with van der Waals surface area (Å²) < 4.78 is 5.57. The van der Waals surface area contributed by atoms with Crippen molar-refractivity contribution < 1.29 is 14.3 Å². The van der Waals surface area contributed by atoms with Gasteiger partial charge in [0.25, 0.3) is 5.91 Å². The molecule has 1 aliphatic heterocycles. The molecule has 0 bridgehead atoms. The zero-order valence-electron chi connectivity index (χ0n) is 15.4. The van der Waals surface area contributed by atoms with E-state index < -0.39 is 0 Å². The van der Waals surface area contributed by atoms with E-state index in [1.165, 1.54) is 5.56 Å². The fourth-order valence-electron chi connectivity index (χ4n) is 3.08. The van der Waals surface area contributed by atoms with Gasteiger partial charge in [-0.2, -0.15) is 0 Å². The third-order valence-corrected chi connectivity index (χ3v) is 4.74. The van der Waals surface area contributed by atoms with E-state index in [1.54, 1.807) is 4.90 Å². The van der Waals surface area contributed by atoms with Crippen LogP contribution in [0.2, 0.25) is 0 Å². The Hall–Kier alpha value is -2.82. The lowest BCUT2D eigenvalue weighted by molar-refractivity contribution is -0.123. The zero-order chi connectivity index (χ0) is 18.7. The van der Waals surface area contributed by atoms with Crippen molar-refractivity contribution in [3.8, 4) is 5.75 Å². The van der Waals surface area contributed by atoms with Crippen LogP contribution in [0.5, 0.6) is 5.75 Å². The molecule has 136 valence electrons. The highest BCUT2D eigenvalue weighted by atomic mass is 16.5. The summed E-state index contributed by atoms with van der Waals surface area (Å²) >= 11 is 0. The molecule has 1 atom stereocenters. The number of carbonyl (C=O) groups excluding carboxylic acids is 2. The average molecular weight is 352 g/mol. The molecule has 1 heterocycles. The van der Waals surface area contributed by atoms with Gasteiger partial charge < -0.3 is 15.0 Å². The van der Waals surface area contributed by atoms with Gasteiger partial charge in [0, 0.05) is 18.7 Å². The zero-order valence-corrected chi connectivity index (χ0v) is 15.4. The summed E-state index contributed by atoms with van der Waals surface area (Å²) in [6.07, 6.45) is 0.309. The van der Waals surface area contributed by atoms with Gasteiger partial charge in [0.15, 0.2) is 6.61 Å². The van der Waals surface area contributed by atoms with E-state index in [2.05, 4.69) is 5.32 Å². The van der Waals surface area contributed by atoms with Crippen molar-refractivity contribution >= 4 is 17.5 Å². The van der Waals surface area contributed by atoms with Crippen LogP contribution >= 0.6 is 0 Å². The number of hydrogen-bond acceptors (Lipinski definition) is 3. The molecule has 1 saturated heterocycles. The molecule has 0 unspecified atom stereocenters. The van der Waals surface area contributed by atoms with Crippen LogP contribution in [0, 0.1) is 20.8 Å². The van der Waals surface area contributed by atoms with Crippen LogP contribution in [-0.4, -0.2) is 31.0 Å². The summed E-state index contributed by atoms with van der Waals surface area (Å²) in [7, 11) is 0. The molecule has 1 fully saturated rings. The predicted molar refractivity (Wildman–Crippen MR) is 101 cm³/mol. The third-order valence-electron chi connectivity index (χ3n) is 4.74. The molecular formula is C21H24N2O3. The predicted octanol–water partition coefficient (Wildman–Crippen LogP) is 2.91. The van der Waals surface area contributed by atoms with Crippen molar-refractivity contribution in [1.82, 2.24) is 5.32 Å². The van der Waals surface area contributed by atoms with E-state index >= 15 is 0 Å². The number of nitrogens with zero attached hydrogens (tertiary/aromatic N) is 1. The van der Waals surface area contributed by atoms with Crippen molar-refractivity contribution in [2.24, 2.45) is 0 Å². The fourth-order valence-corrected chi connectivity index (χ4v) is 3.08. The normalized spacial score (nSPS) is 16.7. The second-order valence-electron chi connectivity index (χ2n) is 6.80. The molecule has 0 radical (unpaired) electrons. The minimum absolute atomic E-state index is 0.0263. The minimum atomic E-state index is -0.215. The van der Waals surface area contributed by atoms with Crippen LogP contribution in [0.4, 0.5) is 5.69 Å². The average Bonchev–Trinajstić information content (AvgIpc) is 2.97. The van der Waals surface area contributed by atoms with Gasteiger partial charge in [-0.3, -0.25) is 9.59 Å². The van der Waals surface area contributed by atoms with E-state index in [-0.39, 0.29) is 24.5 Å². The summed E-state index contributed by atoms with van der Waals surface area (Å²) in [4.78, 5) is 26.2. The highest BCUT2D eigenvalue weighted by Crippen LogP contribution is 2.24. The Morgan fingerprint density at radius 1 is 1.12 bits per heavy atom. The first-order chi connectivity index (χ1) is 12.4. The molecule has 0 aromatic heterocycles. The number of nitrogens with one attached hydrogen (secondary N) is 1. The van der Waals surface area contributed by atoms with Crippen molar-refractivity contribution in [3.05, 3.63) is 59.2 Å². The smallest absolute Gasteiger partial charge is 0.258 e. The van der Waals surface area contributed by atoms with Crippen molar-refractivity contribution in [2.75, 3.05) is 18.1 Å². The molecule has 3 rings (SSSR count). The Morgan fingerprint density at radius 2 is 1.88 bits per heavy atom. The third kappa shape index (κ3) is 4.04. The number of ether oxygens (including phenoxy) is 1. The van der Waals surface area contributed by atoms with Gasteiger partial charge in [-0.05, 0) is 55.7 Å². The molecule has 5 heteroatoms. The Bertz CT molecular complexity index is 832. The lowest BCUT2D eigenvalue weighted by Crippen LogP contribution is -2.39. The summed E-state index contributed by atoms with van der Waals surface area (Å²) in [5, 5.41) is 2.90. The highest BCUT2D eigenvalue weighted by Gasteiger charge is 2.31. The summed E-state index contributed by atoms with van der Waals surface area (Å²) in [6.45, 7) is 6.44. The minimum Gasteiger partial charge on any atom is -0.484 e. The van der Waals surface area contributed by atoms with Gasteiger partial charge in [0.1, 0.15) is 5.75 Å². The molecule has 2 amide bonds. The molecule has 2 aromatic rings. The fraction of sp³-hybridized carbons (Fsp3) is 0.333. The molecule has 5 nitrogen and oxygen atoms in total. The SMILES string of the molecule is Cc1ccc(N2C[C@@H](NC(=O)COc3ccccc3C)CC2=O)cc1C. The van der Waals surface area contributed by atoms with Crippen LogP contribution in [-0.2, 0) is 9.59 Å². The first-order valence-electron chi connectivity index (χ1n) is 8.79.